The maximum Gasteiger partial charge on any atom is 0.198 e. The highest BCUT2D eigenvalue weighted by molar-refractivity contribution is 6.25. The minimum absolute atomic E-state index is 0.00191. The highest BCUT2D eigenvalue weighted by Gasteiger charge is 2.37. The molecular weight excluding hydrogens is 324 g/mol. The van der Waals surface area contributed by atoms with Gasteiger partial charge in [0.25, 0.3) is 0 Å². The molecule has 0 aliphatic heterocycles. The lowest BCUT2D eigenvalue weighted by Crippen LogP contribution is -2.05. The van der Waals surface area contributed by atoms with Crippen LogP contribution < -0.4 is 0 Å². The van der Waals surface area contributed by atoms with E-state index in [-0.39, 0.29) is 12.4 Å². The Morgan fingerprint density at radius 2 is 1.46 bits per heavy atom. The second-order valence-electron chi connectivity index (χ2n) is 7.13. The summed E-state index contributed by atoms with van der Waals surface area (Å²) >= 11 is 0. The number of aryl methyl sites for hydroxylation is 1. The molecule has 0 bridgehead atoms. The molecule has 26 heavy (non-hydrogen) atoms. The van der Waals surface area contributed by atoms with Gasteiger partial charge in [-0.3, -0.25) is 9.48 Å². The van der Waals surface area contributed by atoms with Crippen LogP contribution >= 0.6 is 0 Å². The van der Waals surface area contributed by atoms with Crippen LogP contribution in [-0.2, 0) is 13.7 Å². The number of aliphatic hydroxyl groups excluding tert-OH is 1. The number of nitrogens with zero attached hydrogens (tertiary/aromatic N) is 2. The monoisotopic (exact) mass is 346 g/mol. The number of carbonyl (C=O) groups is 1. The Balaban J connectivity index is 2.01. The lowest BCUT2D eigenvalue weighted by molar-refractivity contribution is 0.104. The molecule has 1 aliphatic rings. The normalized spacial score (nSPS) is 12.5. The number of aromatic nitrogens is 2. The summed E-state index contributed by atoms with van der Waals surface area (Å²) < 4.78 is 1.83. The Kier molecular flexibility index (Phi) is 3.63. The number of benzene rings is 2. The van der Waals surface area contributed by atoms with Crippen molar-refractivity contribution in [3.63, 3.8) is 0 Å². The highest BCUT2D eigenvalue weighted by Crippen LogP contribution is 2.45. The van der Waals surface area contributed by atoms with E-state index in [0.717, 1.165) is 39.1 Å². The van der Waals surface area contributed by atoms with Crippen molar-refractivity contribution in [3.8, 4) is 22.5 Å². The number of aliphatic hydroxyl groups is 1. The summed E-state index contributed by atoms with van der Waals surface area (Å²) in [6.07, 6.45) is 0. The van der Waals surface area contributed by atoms with Gasteiger partial charge >= 0.3 is 0 Å². The summed E-state index contributed by atoms with van der Waals surface area (Å²) in [7, 11) is 1.90. The van der Waals surface area contributed by atoms with Crippen molar-refractivity contribution in [2.45, 2.75) is 34.3 Å². The molecule has 0 fully saturated rings. The van der Waals surface area contributed by atoms with Crippen LogP contribution in [0.3, 0.4) is 0 Å². The van der Waals surface area contributed by atoms with Crippen LogP contribution in [0.5, 0.6) is 0 Å². The SMILES string of the molecule is Cc1c(C)c(C)c2c(c1C)C(=O)c1c(-c3ccc(CO)cc3)nn(C)c1-2. The maximum absolute atomic E-state index is 13.4. The number of fused-ring (bicyclic) bond motifs is 3. The third kappa shape index (κ3) is 2.05. The van der Waals surface area contributed by atoms with Gasteiger partial charge in [0.2, 0.25) is 0 Å². The zero-order valence-electron chi connectivity index (χ0n) is 15.8. The summed E-state index contributed by atoms with van der Waals surface area (Å²) in [4.78, 5) is 13.4. The maximum atomic E-state index is 13.4. The molecule has 2 aromatic carbocycles. The van der Waals surface area contributed by atoms with E-state index in [1.165, 1.54) is 11.1 Å². The molecule has 4 heteroatoms. The lowest BCUT2D eigenvalue weighted by atomic mass is 9.89. The van der Waals surface area contributed by atoms with E-state index in [4.69, 9.17) is 0 Å². The Bertz CT molecular complexity index is 1070. The average Bonchev–Trinajstić information content (AvgIpc) is 3.14. The fourth-order valence-corrected chi connectivity index (χ4v) is 4.01. The molecule has 4 nitrogen and oxygen atoms in total. The molecule has 0 saturated heterocycles. The first-order chi connectivity index (χ1) is 12.4. The Morgan fingerprint density at radius 1 is 0.885 bits per heavy atom. The minimum atomic E-state index is 0.00191. The second kappa shape index (κ2) is 5.64. The van der Waals surface area contributed by atoms with E-state index in [2.05, 4.69) is 25.9 Å². The van der Waals surface area contributed by atoms with Gasteiger partial charge in [-0.2, -0.15) is 5.10 Å². The molecular formula is C22H22N2O2. The number of hydrogen-bond acceptors (Lipinski definition) is 3. The third-order valence-electron chi connectivity index (χ3n) is 5.84. The Labute approximate surface area is 153 Å². The molecule has 1 aromatic heterocycles. The van der Waals surface area contributed by atoms with Crippen LogP contribution in [0, 0.1) is 27.7 Å². The summed E-state index contributed by atoms with van der Waals surface area (Å²) in [5.41, 5.74) is 10.5. The standard InChI is InChI=1S/C22H22N2O2/c1-11-12(2)14(4)18-17(13(11)3)21-19(22(18)26)20(23-24(21)5)16-8-6-15(10-25)7-9-16/h6-9,25H,10H2,1-5H3. The number of hydrogen-bond donors (Lipinski definition) is 1. The molecule has 0 radical (unpaired) electrons. The number of ketones is 1. The van der Waals surface area contributed by atoms with Crippen molar-refractivity contribution in [2.75, 3.05) is 0 Å². The molecule has 1 heterocycles. The fraction of sp³-hybridized carbons (Fsp3) is 0.273. The Hall–Kier alpha value is -2.72. The smallest absolute Gasteiger partial charge is 0.198 e. The molecule has 0 spiro atoms. The zero-order valence-corrected chi connectivity index (χ0v) is 15.8. The van der Waals surface area contributed by atoms with Gasteiger partial charge in [-0.25, -0.2) is 0 Å². The van der Waals surface area contributed by atoms with Gasteiger partial charge in [-0.1, -0.05) is 24.3 Å². The molecule has 4 rings (SSSR count). The van der Waals surface area contributed by atoms with Crippen molar-refractivity contribution in [3.05, 3.63) is 63.2 Å². The van der Waals surface area contributed by atoms with Gasteiger partial charge in [0.15, 0.2) is 5.78 Å². The van der Waals surface area contributed by atoms with Crippen molar-refractivity contribution in [2.24, 2.45) is 7.05 Å². The van der Waals surface area contributed by atoms with E-state index in [1.807, 2.05) is 42.9 Å². The largest absolute Gasteiger partial charge is 0.392 e. The first kappa shape index (κ1) is 16.7. The van der Waals surface area contributed by atoms with Crippen LogP contribution in [0.4, 0.5) is 0 Å². The quantitative estimate of drug-likeness (QED) is 0.596. The molecule has 1 N–H and O–H groups in total. The molecule has 3 aromatic rings. The molecule has 132 valence electrons. The second-order valence-corrected chi connectivity index (χ2v) is 7.13. The topological polar surface area (TPSA) is 55.1 Å². The zero-order chi connectivity index (χ0) is 18.7. The van der Waals surface area contributed by atoms with E-state index < -0.39 is 0 Å². The van der Waals surface area contributed by atoms with E-state index in [0.29, 0.717) is 11.3 Å². The first-order valence-corrected chi connectivity index (χ1v) is 8.79. The predicted octanol–water partition coefficient (Wildman–Crippen LogP) is 4.02. The van der Waals surface area contributed by atoms with Crippen LogP contribution in [0.1, 0.15) is 43.7 Å². The summed E-state index contributed by atoms with van der Waals surface area (Å²) in [5.74, 6) is 0.0630. The van der Waals surface area contributed by atoms with E-state index >= 15 is 0 Å². The predicted molar refractivity (Wildman–Crippen MR) is 102 cm³/mol. The van der Waals surface area contributed by atoms with Crippen molar-refractivity contribution < 1.29 is 9.90 Å². The van der Waals surface area contributed by atoms with Gasteiger partial charge in [0, 0.05) is 23.7 Å². The van der Waals surface area contributed by atoms with Crippen molar-refractivity contribution >= 4 is 5.78 Å². The van der Waals surface area contributed by atoms with Crippen LogP contribution in [0.25, 0.3) is 22.5 Å². The molecule has 0 saturated carbocycles. The number of carbonyl (C=O) groups excluding carboxylic acids is 1. The third-order valence-corrected chi connectivity index (χ3v) is 5.84. The number of rotatable bonds is 2. The first-order valence-electron chi connectivity index (χ1n) is 8.79. The highest BCUT2D eigenvalue weighted by atomic mass is 16.3. The van der Waals surface area contributed by atoms with Gasteiger partial charge in [-0.15, -0.1) is 0 Å². The summed E-state index contributed by atoms with van der Waals surface area (Å²) in [6.45, 7) is 8.33. The average molecular weight is 346 g/mol. The van der Waals surface area contributed by atoms with Crippen LogP contribution in [0.2, 0.25) is 0 Å². The molecule has 0 amide bonds. The van der Waals surface area contributed by atoms with Gasteiger partial charge < -0.3 is 5.11 Å². The van der Waals surface area contributed by atoms with Gasteiger partial charge in [0.1, 0.15) is 5.69 Å². The van der Waals surface area contributed by atoms with E-state index in [9.17, 15) is 9.90 Å². The van der Waals surface area contributed by atoms with Crippen LogP contribution in [-0.4, -0.2) is 20.7 Å². The molecule has 0 unspecified atom stereocenters. The Morgan fingerprint density at radius 3 is 2.04 bits per heavy atom. The van der Waals surface area contributed by atoms with Crippen molar-refractivity contribution in [1.29, 1.82) is 0 Å². The molecule has 1 aliphatic carbocycles. The van der Waals surface area contributed by atoms with Crippen LogP contribution in [0.15, 0.2) is 24.3 Å². The summed E-state index contributed by atoms with van der Waals surface area (Å²) in [5, 5.41) is 13.9. The summed E-state index contributed by atoms with van der Waals surface area (Å²) in [6, 6.07) is 7.57. The lowest BCUT2D eigenvalue weighted by Gasteiger charge is -2.15. The van der Waals surface area contributed by atoms with Crippen molar-refractivity contribution in [1.82, 2.24) is 9.78 Å². The van der Waals surface area contributed by atoms with E-state index in [1.54, 1.807) is 0 Å². The van der Waals surface area contributed by atoms with Gasteiger partial charge in [-0.05, 0) is 55.5 Å². The molecule has 0 atom stereocenters. The minimum Gasteiger partial charge on any atom is -0.392 e. The van der Waals surface area contributed by atoms with Gasteiger partial charge in [0.05, 0.1) is 17.9 Å². The fourth-order valence-electron chi connectivity index (χ4n) is 4.01.